The third kappa shape index (κ3) is 1.99. The smallest absolute Gasteiger partial charge is 0.167 e. The highest BCUT2D eigenvalue weighted by atomic mass is 32.2. The van der Waals surface area contributed by atoms with E-state index in [4.69, 9.17) is 0 Å². The third-order valence-electron chi connectivity index (χ3n) is 1.52. The van der Waals surface area contributed by atoms with Gasteiger partial charge < -0.3 is 4.57 Å². The highest BCUT2D eigenvalue weighted by Gasteiger charge is 2.01. The van der Waals surface area contributed by atoms with Crippen LogP contribution in [0.15, 0.2) is 11.4 Å². The van der Waals surface area contributed by atoms with Gasteiger partial charge in [0, 0.05) is 13.2 Å². The first kappa shape index (κ1) is 8.65. The summed E-state index contributed by atoms with van der Waals surface area (Å²) in [7, 11) is 2.05. The average Bonchev–Trinajstić information content (AvgIpc) is 2.33. The summed E-state index contributed by atoms with van der Waals surface area (Å²) in [4.78, 5) is 4.44. The molecule has 11 heavy (non-hydrogen) atoms. The molecule has 1 aromatic heterocycles. The summed E-state index contributed by atoms with van der Waals surface area (Å²) >= 11 is 1.79. The fraction of sp³-hybridized carbons (Fsp3) is 0.625. The first-order chi connectivity index (χ1) is 5.27. The molecule has 0 aliphatic heterocycles. The Hall–Kier alpha value is -0.440. The minimum absolute atomic E-state index is 1.03. The number of hydrogen-bond acceptors (Lipinski definition) is 2. The van der Waals surface area contributed by atoms with Crippen LogP contribution < -0.4 is 0 Å². The molecule has 0 amide bonds. The zero-order valence-corrected chi connectivity index (χ0v) is 8.11. The molecule has 0 spiro atoms. The average molecular weight is 170 g/mol. The van der Waals surface area contributed by atoms with Gasteiger partial charge in [0.05, 0.1) is 5.69 Å². The van der Waals surface area contributed by atoms with Gasteiger partial charge >= 0.3 is 0 Å². The maximum atomic E-state index is 4.44. The van der Waals surface area contributed by atoms with E-state index in [0.29, 0.717) is 0 Å². The molecule has 0 saturated carbocycles. The van der Waals surface area contributed by atoms with Crippen LogP contribution in [0.3, 0.4) is 0 Å². The lowest BCUT2D eigenvalue weighted by atomic mass is 10.4. The predicted molar refractivity (Wildman–Crippen MR) is 49.0 cm³/mol. The van der Waals surface area contributed by atoms with Crippen molar-refractivity contribution < 1.29 is 0 Å². The van der Waals surface area contributed by atoms with Crippen molar-refractivity contribution >= 4 is 11.8 Å². The fourth-order valence-electron chi connectivity index (χ4n) is 0.943. The highest BCUT2D eigenvalue weighted by Crippen LogP contribution is 2.15. The van der Waals surface area contributed by atoms with Gasteiger partial charge in [-0.25, -0.2) is 4.98 Å². The molecule has 0 aliphatic rings. The molecule has 0 fully saturated rings. The van der Waals surface area contributed by atoms with Crippen molar-refractivity contribution in [3.8, 4) is 0 Å². The normalized spacial score (nSPS) is 10.5. The summed E-state index contributed by atoms with van der Waals surface area (Å²) in [5.41, 5.74) is 1.18. The molecule has 1 heterocycles. The Morgan fingerprint density at radius 1 is 1.55 bits per heavy atom. The monoisotopic (exact) mass is 170 g/mol. The number of hydrogen-bond donors (Lipinski definition) is 0. The Kier molecular flexibility index (Phi) is 3.00. The van der Waals surface area contributed by atoms with Crippen LogP contribution in [-0.2, 0) is 13.5 Å². The van der Waals surface area contributed by atoms with Gasteiger partial charge in [-0.2, -0.15) is 0 Å². The van der Waals surface area contributed by atoms with Gasteiger partial charge in [-0.1, -0.05) is 25.6 Å². The maximum Gasteiger partial charge on any atom is 0.167 e. The summed E-state index contributed by atoms with van der Waals surface area (Å²) in [5.74, 6) is 1.09. The maximum absolute atomic E-state index is 4.44. The van der Waals surface area contributed by atoms with Gasteiger partial charge in [0.1, 0.15) is 0 Å². The molecule has 0 aliphatic carbocycles. The first-order valence-corrected chi connectivity index (χ1v) is 4.91. The fourth-order valence-corrected chi connectivity index (χ4v) is 1.64. The minimum Gasteiger partial charge on any atom is -0.329 e. The standard InChI is InChI=1S/C8H14N2S/c1-4-7-6-10(3)8(9-7)11-5-2/h6H,4-5H2,1-3H3. The number of aryl methyl sites for hydroxylation is 2. The molecule has 1 rings (SSSR count). The van der Waals surface area contributed by atoms with Crippen LogP contribution in [0.5, 0.6) is 0 Å². The second kappa shape index (κ2) is 3.81. The summed E-state index contributed by atoms with van der Waals surface area (Å²) in [6.45, 7) is 4.27. The van der Waals surface area contributed by atoms with Crippen molar-refractivity contribution in [2.45, 2.75) is 25.4 Å². The van der Waals surface area contributed by atoms with E-state index in [0.717, 1.165) is 17.3 Å². The predicted octanol–water partition coefficient (Wildman–Crippen LogP) is 2.09. The van der Waals surface area contributed by atoms with E-state index in [1.54, 1.807) is 11.8 Å². The molecule has 0 atom stereocenters. The Labute approximate surface area is 72.0 Å². The van der Waals surface area contributed by atoms with Crippen LogP contribution in [0, 0.1) is 0 Å². The van der Waals surface area contributed by atoms with Gasteiger partial charge in [-0.15, -0.1) is 0 Å². The number of aromatic nitrogens is 2. The first-order valence-electron chi connectivity index (χ1n) is 3.93. The summed E-state index contributed by atoms with van der Waals surface area (Å²) < 4.78 is 2.09. The number of imidazole rings is 1. The van der Waals surface area contributed by atoms with E-state index in [9.17, 15) is 0 Å². The molecule has 0 N–H and O–H groups in total. The number of thioether (sulfide) groups is 1. The molecular weight excluding hydrogens is 156 g/mol. The lowest BCUT2D eigenvalue weighted by Gasteiger charge is -1.95. The van der Waals surface area contributed by atoms with Crippen LogP contribution >= 0.6 is 11.8 Å². The molecule has 2 nitrogen and oxygen atoms in total. The van der Waals surface area contributed by atoms with Gasteiger partial charge in [-0.3, -0.25) is 0 Å². The van der Waals surface area contributed by atoms with E-state index in [1.807, 2.05) is 7.05 Å². The van der Waals surface area contributed by atoms with Gasteiger partial charge in [0.2, 0.25) is 0 Å². The van der Waals surface area contributed by atoms with E-state index in [1.165, 1.54) is 5.69 Å². The zero-order valence-electron chi connectivity index (χ0n) is 7.29. The lowest BCUT2D eigenvalue weighted by Crippen LogP contribution is -1.87. The molecule has 3 heteroatoms. The minimum atomic E-state index is 1.03. The highest BCUT2D eigenvalue weighted by molar-refractivity contribution is 7.99. The molecular formula is C8H14N2S. The van der Waals surface area contributed by atoms with Crippen LogP contribution in [0.1, 0.15) is 19.5 Å². The van der Waals surface area contributed by atoms with Crippen LogP contribution in [0.2, 0.25) is 0 Å². The Balaban J connectivity index is 2.79. The molecule has 0 unspecified atom stereocenters. The Morgan fingerprint density at radius 2 is 2.27 bits per heavy atom. The third-order valence-corrected chi connectivity index (χ3v) is 2.45. The van der Waals surface area contributed by atoms with Crippen LogP contribution in [0.4, 0.5) is 0 Å². The molecule has 0 saturated heterocycles. The van der Waals surface area contributed by atoms with E-state index >= 15 is 0 Å². The Morgan fingerprint density at radius 3 is 2.73 bits per heavy atom. The second-order valence-corrected chi connectivity index (χ2v) is 3.64. The SMILES string of the molecule is CCSc1nc(CC)cn1C. The largest absolute Gasteiger partial charge is 0.329 e. The van der Waals surface area contributed by atoms with E-state index < -0.39 is 0 Å². The zero-order chi connectivity index (χ0) is 8.27. The molecule has 62 valence electrons. The molecule has 0 aromatic carbocycles. The Bertz CT molecular complexity index is 230. The molecule has 1 aromatic rings. The lowest BCUT2D eigenvalue weighted by molar-refractivity contribution is 0.790. The van der Waals surface area contributed by atoms with Gasteiger partial charge in [0.25, 0.3) is 0 Å². The summed E-state index contributed by atoms with van der Waals surface area (Å²) in [5, 5.41) is 1.13. The van der Waals surface area contributed by atoms with Crippen LogP contribution in [0.25, 0.3) is 0 Å². The number of nitrogens with zero attached hydrogens (tertiary/aromatic N) is 2. The summed E-state index contributed by atoms with van der Waals surface area (Å²) in [6.07, 6.45) is 3.12. The number of rotatable bonds is 3. The van der Waals surface area contributed by atoms with Crippen molar-refractivity contribution in [2.75, 3.05) is 5.75 Å². The molecule has 0 radical (unpaired) electrons. The topological polar surface area (TPSA) is 17.8 Å². The van der Waals surface area contributed by atoms with Crippen LogP contribution in [-0.4, -0.2) is 15.3 Å². The van der Waals surface area contributed by atoms with Crippen molar-refractivity contribution in [2.24, 2.45) is 7.05 Å². The summed E-state index contributed by atoms with van der Waals surface area (Å²) in [6, 6.07) is 0. The van der Waals surface area contributed by atoms with Crippen molar-refractivity contribution in [3.05, 3.63) is 11.9 Å². The molecule has 0 bridgehead atoms. The van der Waals surface area contributed by atoms with Crippen molar-refractivity contribution in [1.29, 1.82) is 0 Å². The quantitative estimate of drug-likeness (QED) is 0.646. The van der Waals surface area contributed by atoms with E-state index in [2.05, 4.69) is 29.6 Å². The van der Waals surface area contributed by atoms with Gasteiger partial charge in [-0.05, 0) is 12.2 Å². The second-order valence-electron chi connectivity index (χ2n) is 2.41. The van der Waals surface area contributed by atoms with Crippen molar-refractivity contribution in [1.82, 2.24) is 9.55 Å². The van der Waals surface area contributed by atoms with Gasteiger partial charge in [0.15, 0.2) is 5.16 Å². The van der Waals surface area contributed by atoms with Crippen molar-refractivity contribution in [3.63, 3.8) is 0 Å². The van der Waals surface area contributed by atoms with E-state index in [-0.39, 0.29) is 0 Å².